The van der Waals surface area contributed by atoms with Crippen molar-refractivity contribution >= 4 is 35.7 Å². The van der Waals surface area contributed by atoms with Gasteiger partial charge >= 0.3 is 0 Å². The summed E-state index contributed by atoms with van der Waals surface area (Å²) in [4.78, 5) is 0. The third-order valence-electron chi connectivity index (χ3n) is 0.486. The molecule has 0 N–H and O–H groups in total. The van der Waals surface area contributed by atoms with Gasteiger partial charge in [-0.1, -0.05) is 6.07 Å². The first-order chi connectivity index (χ1) is 2.89. The van der Waals surface area contributed by atoms with E-state index in [9.17, 15) is 0 Å². The van der Waals surface area contributed by atoms with Crippen molar-refractivity contribution in [2.24, 2.45) is 0 Å². The molecule has 1 aromatic rings. The second kappa shape index (κ2) is 3.27. The molecule has 0 nitrogen and oxygen atoms in total. The Balaban J connectivity index is 0.000000360. The molecule has 0 atom stereocenters. The molecule has 0 aliphatic rings. The molecule has 0 aromatic carbocycles. The van der Waals surface area contributed by atoms with Gasteiger partial charge in [-0.15, -0.1) is 11.3 Å². The first kappa shape index (κ1) is 7.24. The molecule has 0 saturated heterocycles. The third-order valence-corrected chi connectivity index (χ3v) is 1.97. The fourth-order valence-electron chi connectivity index (χ4n) is 0.259. The van der Waals surface area contributed by atoms with Crippen LogP contribution >= 0.6 is 27.3 Å². The van der Waals surface area contributed by atoms with Crippen molar-refractivity contribution in [3.05, 3.63) is 21.3 Å². The second-order valence-electron chi connectivity index (χ2n) is 0.917. The molecular formula is C4H3BBrS. The zero-order valence-corrected chi connectivity index (χ0v) is 6.00. The Bertz CT molecular complexity index is 115. The van der Waals surface area contributed by atoms with E-state index in [1.165, 1.54) is 3.79 Å². The zero-order valence-electron chi connectivity index (χ0n) is 3.60. The molecule has 0 saturated carbocycles. The molecule has 1 rings (SSSR count). The predicted octanol–water partition coefficient (Wildman–Crippen LogP) is 2.13. The maximum Gasteiger partial charge on any atom is 0.0698 e. The highest BCUT2D eigenvalue weighted by atomic mass is 79.9. The SMILES string of the molecule is Brc1cccs1.[B]. The van der Waals surface area contributed by atoms with Gasteiger partial charge in [0.05, 0.1) is 3.79 Å². The van der Waals surface area contributed by atoms with Crippen LogP contribution in [0, 0.1) is 0 Å². The number of thiophene rings is 1. The Morgan fingerprint density at radius 1 is 1.57 bits per heavy atom. The summed E-state index contributed by atoms with van der Waals surface area (Å²) in [5, 5.41) is 2.03. The van der Waals surface area contributed by atoms with Crippen LogP contribution in [0.15, 0.2) is 21.3 Å². The Kier molecular flexibility index (Phi) is 3.39. The highest BCUT2D eigenvalue weighted by molar-refractivity contribution is 9.11. The Morgan fingerprint density at radius 2 is 2.29 bits per heavy atom. The lowest BCUT2D eigenvalue weighted by atomic mass is 10.7. The van der Waals surface area contributed by atoms with Crippen molar-refractivity contribution in [3.8, 4) is 0 Å². The zero-order chi connectivity index (χ0) is 4.41. The maximum atomic E-state index is 3.30. The summed E-state index contributed by atoms with van der Waals surface area (Å²) < 4.78 is 1.20. The summed E-state index contributed by atoms with van der Waals surface area (Å²) in [6.07, 6.45) is 0. The highest BCUT2D eigenvalue weighted by Crippen LogP contribution is 2.14. The molecule has 0 fully saturated rings. The predicted molar refractivity (Wildman–Crippen MR) is 37.8 cm³/mol. The van der Waals surface area contributed by atoms with Crippen LogP contribution in [0.4, 0.5) is 0 Å². The van der Waals surface area contributed by atoms with Crippen molar-refractivity contribution in [3.63, 3.8) is 0 Å². The van der Waals surface area contributed by atoms with Crippen molar-refractivity contribution in [2.75, 3.05) is 0 Å². The standard InChI is InChI=1S/C4H3BrS.B/c5-4-2-1-3-6-4;/h1-3H;. The minimum absolute atomic E-state index is 0. The quantitative estimate of drug-likeness (QED) is 0.528. The fraction of sp³-hybridized carbons (Fsp3) is 0. The molecule has 0 unspecified atom stereocenters. The van der Waals surface area contributed by atoms with Crippen LogP contribution in [0.2, 0.25) is 0 Å². The Morgan fingerprint density at radius 3 is 2.43 bits per heavy atom. The summed E-state index contributed by atoms with van der Waals surface area (Å²) in [7, 11) is 0. The monoisotopic (exact) mass is 173 g/mol. The highest BCUT2D eigenvalue weighted by Gasteiger charge is 1.77. The van der Waals surface area contributed by atoms with Gasteiger partial charge in [0, 0.05) is 8.41 Å². The summed E-state index contributed by atoms with van der Waals surface area (Å²) >= 11 is 4.99. The Hall–Kier alpha value is 0.245. The molecule has 0 bridgehead atoms. The minimum atomic E-state index is 0. The van der Waals surface area contributed by atoms with Crippen LogP contribution in [0.1, 0.15) is 0 Å². The minimum Gasteiger partial charge on any atom is -0.137 e. The van der Waals surface area contributed by atoms with Crippen molar-refractivity contribution in [1.82, 2.24) is 0 Å². The Labute approximate surface area is 57.3 Å². The lowest BCUT2D eigenvalue weighted by Crippen LogP contribution is -1.29. The lowest BCUT2D eigenvalue weighted by Gasteiger charge is -1.62. The van der Waals surface area contributed by atoms with Crippen molar-refractivity contribution < 1.29 is 0 Å². The van der Waals surface area contributed by atoms with Crippen molar-refractivity contribution in [2.45, 2.75) is 0 Å². The van der Waals surface area contributed by atoms with E-state index in [1.807, 2.05) is 17.5 Å². The topological polar surface area (TPSA) is 0 Å². The van der Waals surface area contributed by atoms with Gasteiger partial charge in [0.25, 0.3) is 0 Å². The van der Waals surface area contributed by atoms with E-state index in [0.29, 0.717) is 0 Å². The van der Waals surface area contributed by atoms with Gasteiger partial charge in [-0.25, -0.2) is 0 Å². The summed E-state index contributed by atoms with van der Waals surface area (Å²) in [5.74, 6) is 0. The van der Waals surface area contributed by atoms with Gasteiger partial charge in [0.15, 0.2) is 0 Å². The molecule has 0 aliphatic carbocycles. The van der Waals surface area contributed by atoms with Crippen LogP contribution in [0.3, 0.4) is 0 Å². The summed E-state index contributed by atoms with van der Waals surface area (Å²) in [6.45, 7) is 0. The molecule has 3 heteroatoms. The largest absolute Gasteiger partial charge is 0.137 e. The van der Waals surface area contributed by atoms with E-state index >= 15 is 0 Å². The van der Waals surface area contributed by atoms with E-state index in [-0.39, 0.29) is 8.41 Å². The van der Waals surface area contributed by atoms with Crippen LogP contribution in [-0.2, 0) is 0 Å². The normalized spacial score (nSPS) is 7.57. The van der Waals surface area contributed by atoms with E-state index in [1.54, 1.807) is 11.3 Å². The molecule has 0 amide bonds. The van der Waals surface area contributed by atoms with Gasteiger partial charge < -0.3 is 0 Å². The van der Waals surface area contributed by atoms with Crippen molar-refractivity contribution in [1.29, 1.82) is 0 Å². The average Bonchev–Trinajstić information content (AvgIpc) is 1.86. The average molecular weight is 174 g/mol. The molecule has 1 aromatic heterocycles. The third kappa shape index (κ3) is 2.14. The molecular weight excluding hydrogens is 171 g/mol. The van der Waals surface area contributed by atoms with Crippen LogP contribution in [0.25, 0.3) is 0 Å². The first-order valence-electron chi connectivity index (χ1n) is 1.58. The molecule has 35 valence electrons. The van der Waals surface area contributed by atoms with Gasteiger partial charge in [-0.2, -0.15) is 0 Å². The number of rotatable bonds is 0. The van der Waals surface area contributed by atoms with E-state index in [2.05, 4.69) is 15.9 Å². The first-order valence-corrected chi connectivity index (χ1v) is 3.26. The number of hydrogen-bond acceptors (Lipinski definition) is 1. The van der Waals surface area contributed by atoms with Gasteiger partial charge in [-0.05, 0) is 27.4 Å². The molecule has 7 heavy (non-hydrogen) atoms. The van der Waals surface area contributed by atoms with E-state index in [0.717, 1.165) is 0 Å². The summed E-state index contributed by atoms with van der Waals surface area (Å²) in [5.41, 5.74) is 0. The van der Waals surface area contributed by atoms with Crippen LogP contribution < -0.4 is 0 Å². The summed E-state index contributed by atoms with van der Waals surface area (Å²) in [6, 6.07) is 4.03. The van der Waals surface area contributed by atoms with E-state index < -0.39 is 0 Å². The van der Waals surface area contributed by atoms with Crippen LogP contribution in [0.5, 0.6) is 0 Å². The fourth-order valence-corrected chi connectivity index (χ4v) is 1.18. The maximum absolute atomic E-state index is 3.30. The van der Waals surface area contributed by atoms with E-state index in [4.69, 9.17) is 0 Å². The second-order valence-corrected chi connectivity index (χ2v) is 3.24. The molecule has 0 aliphatic heterocycles. The van der Waals surface area contributed by atoms with Crippen LogP contribution in [-0.4, -0.2) is 8.41 Å². The lowest BCUT2D eigenvalue weighted by molar-refractivity contribution is 1.97. The van der Waals surface area contributed by atoms with Gasteiger partial charge in [0.2, 0.25) is 0 Å². The molecule has 1 heterocycles. The molecule has 3 radical (unpaired) electrons. The number of halogens is 1. The molecule has 0 spiro atoms. The van der Waals surface area contributed by atoms with Gasteiger partial charge in [-0.3, -0.25) is 0 Å². The van der Waals surface area contributed by atoms with Gasteiger partial charge in [0.1, 0.15) is 0 Å². The smallest absolute Gasteiger partial charge is 0.0698 e. The number of hydrogen-bond donors (Lipinski definition) is 0.